The Kier molecular flexibility index (Phi) is 4.89. The van der Waals surface area contributed by atoms with Gasteiger partial charge >= 0.3 is 5.97 Å². The predicted octanol–water partition coefficient (Wildman–Crippen LogP) is 2.70. The molecule has 0 unspecified atom stereocenters. The zero-order valence-corrected chi connectivity index (χ0v) is 15.6. The summed E-state index contributed by atoms with van der Waals surface area (Å²) >= 11 is 0. The molecule has 4 rings (SSSR count). The Morgan fingerprint density at radius 3 is 2.30 bits per heavy atom. The summed E-state index contributed by atoms with van der Waals surface area (Å²) in [4.78, 5) is 49.6. The molecule has 2 heterocycles. The average Bonchev–Trinajstić information content (AvgIpc) is 3.35. The number of nitrogens with one attached hydrogen (secondary N) is 1. The summed E-state index contributed by atoms with van der Waals surface area (Å²) in [5, 5.41) is 11.6. The number of aromatic carboxylic acids is 1. The molecule has 8 nitrogen and oxygen atoms in total. The third kappa shape index (κ3) is 3.58. The number of imide groups is 1. The number of hydrogen-bond acceptors (Lipinski definition) is 5. The van der Waals surface area contributed by atoms with E-state index in [1.807, 2.05) is 0 Å². The number of nitrogens with zero attached hydrogens (tertiary/aromatic N) is 1. The number of carboxylic acid groups (broad SMARTS) is 1. The Morgan fingerprint density at radius 2 is 1.63 bits per heavy atom. The summed E-state index contributed by atoms with van der Waals surface area (Å²) < 4.78 is 5.20. The van der Waals surface area contributed by atoms with Crippen LogP contribution in [0.2, 0.25) is 0 Å². The molecule has 2 N–H and O–H groups in total. The highest BCUT2D eigenvalue weighted by atomic mass is 16.4. The van der Waals surface area contributed by atoms with Gasteiger partial charge in [0.2, 0.25) is 0 Å². The SMILES string of the molecule is O=C(O)c1ccc(CNC(=O)c2ccc3c(c2)C(=O)N(Cc2ccco2)C3=O)cc1. The van der Waals surface area contributed by atoms with Gasteiger partial charge in [-0.25, -0.2) is 4.79 Å². The van der Waals surface area contributed by atoms with Crippen molar-refractivity contribution in [3.05, 3.63) is 94.4 Å². The Bertz CT molecular complexity index is 1150. The summed E-state index contributed by atoms with van der Waals surface area (Å²) in [6.45, 7) is 0.209. The highest BCUT2D eigenvalue weighted by Gasteiger charge is 2.36. The predicted molar refractivity (Wildman–Crippen MR) is 104 cm³/mol. The first-order valence-corrected chi connectivity index (χ1v) is 9.07. The molecule has 0 aliphatic carbocycles. The van der Waals surface area contributed by atoms with Crippen LogP contribution in [0.5, 0.6) is 0 Å². The third-order valence-electron chi connectivity index (χ3n) is 4.78. The molecule has 8 heteroatoms. The molecule has 1 aliphatic heterocycles. The lowest BCUT2D eigenvalue weighted by molar-refractivity contribution is 0.0629. The molecule has 0 saturated carbocycles. The summed E-state index contributed by atoms with van der Waals surface area (Å²) in [7, 11) is 0. The lowest BCUT2D eigenvalue weighted by Gasteiger charge is -2.11. The third-order valence-corrected chi connectivity index (χ3v) is 4.78. The van der Waals surface area contributed by atoms with E-state index in [1.54, 1.807) is 24.3 Å². The smallest absolute Gasteiger partial charge is 0.335 e. The molecular weight excluding hydrogens is 388 g/mol. The number of carboxylic acids is 1. The fourth-order valence-electron chi connectivity index (χ4n) is 3.18. The van der Waals surface area contributed by atoms with E-state index in [-0.39, 0.29) is 35.3 Å². The second-order valence-electron chi connectivity index (χ2n) is 6.72. The Hall–Kier alpha value is -4.20. The molecule has 0 bridgehead atoms. The summed E-state index contributed by atoms with van der Waals surface area (Å²) in [5.74, 6) is -1.87. The van der Waals surface area contributed by atoms with Crippen LogP contribution >= 0.6 is 0 Å². The highest BCUT2D eigenvalue weighted by Crippen LogP contribution is 2.25. The van der Waals surface area contributed by atoms with Crippen LogP contribution in [0.15, 0.2) is 65.3 Å². The standard InChI is InChI=1S/C22H16N2O6/c25-19(23-11-13-3-5-14(6-4-13)22(28)29)15-7-8-17-18(10-15)21(27)24(20(17)26)12-16-2-1-9-30-16/h1-10H,11-12H2,(H,23,25)(H,28,29). The van der Waals surface area contributed by atoms with Crippen LogP contribution in [0, 0.1) is 0 Å². The summed E-state index contributed by atoms with van der Waals surface area (Å²) in [6.07, 6.45) is 1.46. The van der Waals surface area contributed by atoms with Gasteiger partial charge in [0, 0.05) is 12.1 Å². The zero-order valence-electron chi connectivity index (χ0n) is 15.6. The van der Waals surface area contributed by atoms with Crippen molar-refractivity contribution in [2.75, 3.05) is 0 Å². The van der Waals surface area contributed by atoms with Gasteiger partial charge in [-0.2, -0.15) is 0 Å². The van der Waals surface area contributed by atoms with E-state index in [0.717, 1.165) is 10.5 Å². The van der Waals surface area contributed by atoms with Gasteiger partial charge in [0.25, 0.3) is 17.7 Å². The monoisotopic (exact) mass is 404 g/mol. The van der Waals surface area contributed by atoms with Gasteiger partial charge in [0.1, 0.15) is 5.76 Å². The molecule has 0 saturated heterocycles. The average molecular weight is 404 g/mol. The lowest BCUT2D eigenvalue weighted by atomic mass is 10.1. The lowest BCUT2D eigenvalue weighted by Crippen LogP contribution is -2.28. The van der Waals surface area contributed by atoms with Gasteiger partial charge in [-0.1, -0.05) is 12.1 Å². The fourth-order valence-corrected chi connectivity index (χ4v) is 3.18. The van der Waals surface area contributed by atoms with Crippen molar-refractivity contribution in [3.8, 4) is 0 Å². The van der Waals surface area contributed by atoms with Crippen LogP contribution in [0.25, 0.3) is 0 Å². The van der Waals surface area contributed by atoms with E-state index >= 15 is 0 Å². The molecule has 0 atom stereocenters. The second-order valence-corrected chi connectivity index (χ2v) is 6.72. The van der Waals surface area contributed by atoms with Gasteiger partial charge in [0.05, 0.1) is 29.5 Å². The van der Waals surface area contributed by atoms with Crippen LogP contribution < -0.4 is 5.32 Å². The molecule has 1 aromatic heterocycles. The van der Waals surface area contributed by atoms with Gasteiger partial charge in [-0.05, 0) is 48.0 Å². The number of hydrogen-bond donors (Lipinski definition) is 2. The van der Waals surface area contributed by atoms with Gasteiger partial charge in [-0.3, -0.25) is 19.3 Å². The van der Waals surface area contributed by atoms with E-state index in [9.17, 15) is 19.2 Å². The van der Waals surface area contributed by atoms with Crippen molar-refractivity contribution < 1.29 is 28.7 Å². The fraction of sp³-hybridized carbons (Fsp3) is 0.0909. The number of benzene rings is 2. The quantitative estimate of drug-likeness (QED) is 0.610. The molecule has 2 aromatic carbocycles. The van der Waals surface area contributed by atoms with E-state index in [0.29, 0.717) is 5.76 Å². The van der Waals surface area contributed by atoms with Crippen molar-refractivity contribution in [3.63, 3.8) is 0 Å². The van der Waals surface area contributed by atoms with Crippen LogP contribution in [-0.2, 0) is 13.1 Å². The number of carbonyl (C=O) groups is 4. The second kappa shape index (κ2) is 7.67. The zero-order chi connectivity index (χ0) is 21.3. The molecule has 150 valence electrons. The Morgan fingerprint density at radius 1 is 0.933 bits per heavy atom. The van der Waals surface area contributed by atoms with Gasteiger partial charge in [0.15, 0.2) is 0 Å². The largest absolute Gasteiger partial charge is 0.478 e. The van der Waals surface area contributed by atoms with Crippen molar-refractivity contribution >= 4 is 23.7 Å². The molecule has 0 radical (unpaired) electrons. The Balaban J connectivity index is 1.46. The van der Waals surface area contributed by atoms with Gasteiger partial charge < -0.3 is 14.8 Å². The molecule has 0 fully saturated rings. The Labute approximate surface area is 170 Å². The van der Waals surface area contributed by atoms with E-state index < -0.39 is 23.7 Å². The minimum Gasteiger partial charge on any atom is -0.478 e. The maximum Gasteiger partial charge on any atom is 0.335 e. The summed E-state index contributed by atoms with van der Waals surface area (Å²) in [6, 6.07) is 13.8. The van der Waals surface area contributed by atoms with Crippen molar-refractivity contribution in [1.29, 1.82) is 0 Å². The molecular formula is C22H16N2O6. The normalized spacial score (nSPS) is 12.7. The van der Waals surface area contributed by atoms with Gasteiger partial charge in [-0.15, -0.1) is 0 Å². The number of fused-ring (bicyclic) bond motifs is 1. The van der Waals surface area contributed by atoms with E-state index in [4.69, 9.17) is 9.52 Å². The van der Waals surface area contributed by atoms with Crippen molar-refractivity contribution in [2.45, 2.75) is 13.1 Å². The number of rotatable bonds is 6. The first-order chi connectivity index (χ1) is 14.4. The number of amides is 3. The number of furan rings is 1. The van der Waals surface area contributed by atoms with Crippen LogP contribution in [0.3, 0.4) is 0 Å². The molecule has 30 heavy (non-hydrogen) atoms. The molecule has 3 aromatic rings. The minimum atomic E-state index is -1.02. The van der Waals surface area contributed by atoms with Crippen LogP contribution in [-0.4, -0.2) is 33.7 Å². The van der Waals surface area contributed by atoms with Crippen LogP contribution in [0.4, 0.5) is 0 Å². The number of carbonyl (C=O) groups excluding carboxylic acids is 3. The van der Waals surface area contributed by atoms with Crippen LogP contribution in [0.1, 0.15) is 52.8 Å². The van der Waals surface area contributed by atoms with Crippen molar-refractivity contribution in [1.82, 2.24) is 10.2 Å². The first kappa shape index (κ1) is 19.1. The maximum atomic E-state index is 12.7. The first-order valence-electron chi connectivity index (χ1n) is 9.07. The van der Waals surface area contributed by atoms with Crippen molar-refractivity contribution in [2.24, 2.45) is 0 Å². The molecule has 0 spiro atoms. The molecule has 3 amide bonds. The molecule has 1 aliphatic rings. The van der Waals surface area contributed by atoms with E-state index in [2.05, 4.69) is 5.32 Å². The highest BCUT2D eigenvalue weighted by molar-refractivity contribution is 6.22. The van der Waals surface area contributed by atoms with E-state index in [1.165, 1.54) is 36.6 Å². The minimum absolute atomic E-state index is 0.0210. The maximum absolute atomic E-state index is 12.7. The topological polar surface area (TPSA) is 117 Å². The summed E-state index contributed by atoms with van der Waals surface area (Å²) in [5.41, 5.74) is 1.55.